The number of unbranched alkanes of at least 4 members (excludes halogenated alkanes) is 1. The maximum Gasteiger partial charge on any atom is 0.332 e. The Morgan fingerprint density at radius 2 is 2.27 bits per heavy atom. The maximum atomic E-state index is 10.2. The minimum atomic E-state index is -0.610. The van der Waals surface area contributed by atoms with Crippen molar-refractivity contribution < 1.29 is 4.79 Å². The number of rotatable bonds is 4. The fourth-order valence-electron chi connectivity index (χ4n) is 0.639. The van der Waals surface area contributed by atoms with Crippen LogP contribution in [0.3, 0.4) is 0 Å². The lowest BCUT2D eigenvalue weighted by Gasteiger charge is -1.97. The van der Waals surface area contributed by atoms with E-state index in [1.54, 1.807) is 0 Å². The van der Waals surface area contributed by atoms with E-state index in [-0.39, 0.29) is 0 Å². The summed E-state index contributed by atoms with van der Waals surface area (Å²) in [4.78, 5) is 10.2. The first-order chi connectivity index (χ1) is 5.16. The number of urea groups is 1. The Hall–Kier alpha value is -1.06. The summed E-state index contributed by atoms with van der Waals surface area (Å²) in [6, 6.07) is -0.610. The molecule has 2 amide bonds. The van der Waals surface area contributed by atoms with Crippen molar-refractivity contribution in [1.82, 2.24) is 5.43 Å². The van der Waals surface area contributed by atoms with Crippen LogP contribution in [0.15, 0.2) is 5.10 Å². The molecule has 3 N–H and O–H groups in total. The van der Waals surface area contributed by atoms with Crippen LogP contribution in [0.1, 0.15) is 33.1 Å². The van der Waals surface area contributed by atoms with Crippen LogP contribution in [-0.4, -0.2) is 11.7 Å². The van der Waals surface area contributed by atoms with Gasteiger partial charge >= 0.3 is 6.03 Å². The van der Waals surface area contributed by atoms with Crippen molar-refractivity contribution in [2.45, 2.75) is 33.1 Å². The highest BCUT2D eigenvalue weighted by Gasteiger charge is 1.91. The third-order valence-electron chi connectivity index (χ3n) is 1.25. The molecule has 0 rings (SSSR count). The van der Waals surface area contributed by atoms with Gasteiger partial charge in [0.25, 0.3) is 0 Å². The SMILES string of the molecule is CCCCC(C)=NNC(N)=O. The van der Waals surface area contributed by atoms with E-state index >= 15 is 0 Å². The average Bonchev–Trinajstić information content (AvgIpc) is 1.97. The Labute approximate surface area is 66.8 Å². The number of amides is 2. The van der Waals surface area contributed by atoms with Crippen LogP contribution in [0.2, 0.25) is 0 Å². The second-order valence-corrected chi connectivity index (χ2v) is 2.43. The van der Waals surface area contributed by atoms with Gasteiger partial charge in [-0.2, -0.15) is 5.10 Å². The summed E-state index contributed by atoms with van der Waals surface area (Å²) in [5.74, 6) is 0. The summed E-state index contributed by atoms with van der Waals surface area (Å²) in [5.41, 5.74) is 7.90. The van der Waals surface area contributed by atoms with Crippen molar-refractivity contribution in [3.8, 4) is 0 Å². The number of hydrogen-bond donors (Lipinski definition) is 2. The second kappa shape index (κ2) is 5.70. The zero-order valence-electron chi connectivity index (χ0n) is 7.05. The Morgan fingerprint density at radius 1 is 1.64 bits per heavy atom. The molecule has 4 heteroatoms. The van der Waals surface area contributed by atoms with E-state index < -0.39 is 6.03 Å². The Bertz CT molecular complexity index is 154. The Kier molecular flexibility index (Phi) is 5.15. The number of primary amides is 1. The van der Waals surface area contributed by atoms with Gasteiger partial charge in [-0.25, -0.2) is 10.2 Å². The van der Waals surface area contributed by atoms with Crippen molar-refractivity contribution in [2.24, 2.45) is 10.8 Å². The smallest absolute Gasteiger partial charge is 0.332 e. The molecule has 0 unspecified atom stereocenters. The lowest BCUT2D eigenvalue weighted by molar-refractivity contribution is 0.249. The van der Waals surface area contributed by atoms with E-state index in [0.717, 1.165) is 25.0 Å². The van der Waals surface area contributed by atoms with Gasteiger partial charge in [-0.15, -0.1) is 0 Å². The standard InChI is InChI=1S/C7H15N3O/c1-3-4-5-6(2)9-10-7(8)11/h3-5H2,1-2H3,(H3,8,10,11). The van der Waals surface area contributed by atoms with Crippen molar-refractivity contribution in [3.63, 3.8) is 0 Å². The monoisotopic (exact) mass is 157 g/mol. The van der Waals surface area contributed by atoms with Gasteiger partial charge in [-0.1, -0.05) is 13.3 Å². The Morgan fingerprint density at radius 3 is 2.73 bits per heavy atom. The highest BCUT2D eigenvalue weighted by molar-refractivity contribution is 5.83. The minimum absolute atomic E-state index is 0.610. The van der Waals surface area contributed by atoms with E-state index in [4.69, 9.17) is 5.73 Å². The van der Waals surface area contributed by atoms with Gasteiger partial charge in [0.05, 0.1) is 0 Å². The molecule has 0 aliphatic carbocycles. The predicted molar refractivity (Wildman–Crippen MR) is 45.4 cm³/mol. The molecule has 4 nitrogen and oxygen atoms in total. The number of nitrogens with one attached hydrogen (secondary N) is 1. The van der Waals surface area contributed by atoms with Crippen LogP contribution in [0.5, 0.6) is 0 Å². The molecule has 0 saturated heterocycles. The fourth-order valence-corrected chi connectivity index (χ4v) is 0.639. The topological polar surface area (TPSA) is 67.5 Å². The lowest BCUT2D eigenvalue weighted by Crippen LogP contribution is -2.25. The number of nitrogens with two attached hydrogens (primary N) is 1. The molecule has 0 heterocycles. The molecular weight excluding hydrogens is 142 g/mol. The molecule has 0 aliphatic heterocycles. The average molecular weight is 157 g/mol. The zero-order valence-corrected chi connectivity index (χ0v) is 7.05. The highest BCUT2D eigenvalue weighted by Crippen LogP contribution is 1.95. The normalized spacial score (nSPS) is 11.3. The fraction of sp³-hybridized carbons (Fsp3) is 0.714. The van der Waals surface area contributed by atoms with E-state index in [1.165, 1.54) is 0 Å². The molecule has 0 radical (unpaired) electrons. The summed E-state index contributed by atoms with van der Waals surface area (Å²) in [5, 5.41) is 3.75. The highest BCUT2D eigenvalue weighted by atomic mass is 16.2. The van der Waals surface area contributed by atoms with Crippen LogP contribution in [0, 0.1) is 0 Å². The van der Waals surface area contributed by atoms with E-state index in [9.17, 15) is 4.79 Å². The van der Waals surface area contributed by atoms with Gasteiger partial charge in [0.1, 0.15) is 0 Å². The molecule has 0 atom stereocenters. The van der Waals surface area contributed by atoms with E-state index in [0.29, 0.717) is 0 Å². The summed E-state index contributed by atoms with van der Waals surface area (Å²) >= 11 is 0. The van der Waals surface area contributed by atoms with Crippen LogP contribution in [0.25, 0.3) is 0 Å². The van der Waals surface area contributed by atoms with Crippen molar-refractivity contribution in [1.29, 1.82) is 0 Å². The molecule has 0 saturated carbocycles. The van der Waals surface area contributed by atoms with Gasteiger partial charge in [0.15, 0.2) is 0 Å². The number of carbonyl (C=O) groups excluding carboxylic acids is 1. The molecule has 0 spiro atoms. The molecule has 0 aromatic carbocycles. The number of hydrogen-bond acceptors (Lipinski definition) is 2. The quantitative estimate of drug-likeness (QED) is 0.467. The van der Waals surface area contributed by atoms with Crippen molar-refractivity contribution >= 4 is 11.7 Å². The molecule has 0 fully saturated rings. The van der Waals surface area contributed by atoms with E-state index in [2.05, 4.69) is 17.5 Å². The van der Waals surface area contributed by atoms with Gasteiger partial charge in [-0.05, 0) is 19.8 Å². The van der Waals surface area contributed by atoms with Crippen LogP contribution < -0.4 is 11.2 Å². The summed E-state index contributed by atoms with van der Waals surface area (Å²) < 4.78 is 0. The molecule has 0 bridgehead atoms. The van der Waals surface area contributed by atoms with Gasteiger partial charge in [0, 0.05) is 5.71 Å². The summed E-state index contributed by atoms with van der Waals surface area (Å²) in [7, 11) is 0. The van der Waals surface area contributed by atoms with Gasteiger partial charge < -0.3 is 5.73 Å². The molecule has 64 valence electrons. The largest absolute Gasteiger partial charge is 0.350 e. The molecule has 0 aromatic rings. The summed E-state index contributed by atoms with van der Waals surface area (Å²) in [6.45, 7) is 3.97. The first-order valence-electron chi connectivity index (χ1n) is 3.75. The number of nitrogens with zero attached hydrogens (tertiary/aromatic N) is 1. The molecular formula is C7H15N3O. The number of hydrazone groups is 1. The zero-order chi connectivity index (χ0) is 8.69. The van der Waals surface area contributed by atoms with Crippen LogP contribution >= 0.6 is 0 Å². The first kappa shape index (κ1) is 9.94. The van der Waals surface area contributed by atoms with Crippen molar-refractivity contribution in [3.05, 3.63) is 0 Å². The lowest BCUT2D eigenvalue weighted by atomic mass is 10.2. The molecule has 11 heavy (non-hydrogen) atoms. The van der Waals surface area contributed by atoms with Crippen LogP contribution in [-0.2, 0) is 0 Å². The molecule has 0 aliphatic rings. The van der Waals surface area contributed by atoms with E-state index in [1.807, 2.05) is 6.92 Å². The second-order valence-electron chi connectivity index (χ2n) is 2.43. The van der Waals surface area contributed by atoms with Crippen molar-refractivity contribution in [2.75, 3.05) is 0 Å². The first-order valence-corrected chi connectivity index (χ1v) is 3.75. The van der Waals surface area contributed by atoms with Gasteiger partial charge in [-0.3, -0.25) is 0 Å². The van der Waals surface area contributed by atoms with Gasteiger partial charge in [0.2, 0.25) is 0 Å². The minimum Gasteiger partial charge on any atom is -0.350 e. The predicted octanol–water partition coefficient (Wildman–Crippen LogP) is 1.22. The number of carbonyl (C=O) groups is 1. The molecule has 0 aromatic heterocycles. The van der Waals surface area contributed by atoms with Crippen LogP contribution in [0.4, 0.5) is 4.79 Å². The summed E-state index contributed by atoms with van der Waals surface area (Å²) in [6.07, 6.45) is 3.13. The third kappa shape index (κ3) is 6.83. The maximum absolute atomic E-state index is 10.2. The third-order valence-corrected chi connectivity index (χ3v) is 1.25. The Balaban J connectivity index is 3.54.